The molecule has 0 fully saturated rings. The first-order chi connectivity index (χ1) is 11.7. The summed E-state index contributed by atoms with van der Waals surface area (Å²) in [6.45, 7) is 3.44. The molecule has 4 nitrogen and oxygen atoms in total. The lowest BCUT2D eigenvalue weighted by molar-refractivity contribution is 0.268. The number of hydrogen-bond acceptors (Lipinski definition) is 3. The number of fused-ring (bicyclic) bond motifs is 2. The Balaban J connectivity index is 1.64. The molecule has 2 heterocycles. The summed E-state index contributed by atoms with van der Waals surface area (Å²) < 4.78 is 0. The highest BCUT2D eigenvalue weighted by atomic mass is 16.1. The molecule has 4 rings (SSSR count). The lowest BCUT2D eigenvalue weighted by Gasteiger charge is -2.20. The maximum Gasteiger partial charge on any atom is 0.252 e. The normalized spacial score (nSPS) is 15.3. The Labute approximate surface area is 141 Å². The summed E-state index contributed by atoms with van der Waals surface area (Å²) in [5.41, 5.74) is 4.34. The van der Waals surface area contributed by atoms with Gasteiger partial charge in [0.05, 0.1) is 0 Å². The zero-order valence-corrected chi connectivity index (χ0v) is 13.8. The van der Waals surface area contributed by atoms with Crippen molar-refractivity contribution >= 4 is 16.6 Å². The molecule has 0 atom stereocenters. The summed E-state index contributed by atoms with van der Waals surface area (Å²) in [4.78, 5) is 20.0. The highest BCUT2D eigenvalue weighted by molar-refractivity contribution is 5.78. The standard InChI is InChI=1S/C20H21N3O/c1-22-10-11-23(13-16-7-3-5-9-19(16)22)14-17-12-15-6-2-4-8-18(15)21-20(17)24/h2-9,12H,10-11,13-14H2,1H3,(H,21,24). The van der Waals surface area contributed by atoms with Crippen LogP contribution in [-0.4, -0.2) is 30.0 Å². The molecule has 0 amide bonds. The second-order valence-electron chi connectivity index (χ2n) is 6.47. The zero-order chi connectivity index (χ0) is 16.5. The lowest BCUT2D eigenvalue weighted by Crippen LogP contribution is -2.30. The van der Waals surface area contributed by atoms with Gasteiger partial charge in [0.15, 0.2) is 0 Å². The van der Waals surface area contributed by atoms with Gasteiger partial charge in [0, 0.05) is 50.0 Å². The molecule has 1 aliphatic heterocycles. The van der Waals surface area contributed by atoms with E-state index >= 15 is 0 Å². The van der Waals surface area contributed by atoms with Crippen LogP contribution >= 0.6 is 0 Å². The van der Waals surface area contributed by atoms with E-state index in [2.05, 4.69) is 46.1 Å². The minimum Gasteiger partial charge on any atom is -0.373 e. The van der Waals surface area contributed by atoms with E-state index in [1.54, 1.807) is 0 Å². The van der Waals surface area contributed by atoms with Crippen LogP contribution in [0.25, 0.3) is 10.9 Å². The molecule has 0 spiro atoms. The molecular formula is C20H21N3O. The van der Waals surface area contributed by atoms with Crippen molar-refractivity contribution in [3.8, 4) is 0 Å². The highest BCUT2D eigenvalue weighted by Gasteiger charge is 2.18. The maximum atomic E-state index is 12.4. The first-order valence-electron chi connectivity index (χ1n) is 8.33. The molecule has 0 saturated carbocycles. The molecule has 1 aliphatic rings. The summed E-state index contributed by atoms with van der Waals surface area (Å²) in [7, 11) is 2.13. The summed E-state index contributed by atoms with van der Waals surface area (Å²) >= 11 is 0. The maximum absolute atomic E-state index is 12.4. The Morgan fingerprint density at radius 1 is 1.04 bits per heavy atom. The van der Waals surface area contributed by atoms with E-state index in [0.29, 0.717) is 6.54 Å². The van der Waals surface area contributed by atoms with Crippen LogP contribution in [0.2, 0.25) is 0 Å². The molecule has 3 aromatic rings. The molecule has 1 aromatic heterocycles. The smallest absolute Gasteiger partial charge is 0.252 e. The third kappa shape index (κ3) is 2.81. The SMILES string of the molecule is CN1CCN(Cc2cc3ccccc3[nH]c2=O)Cc2ccccc21. The molecular weight excluding hydrogens is 298 g/mol. The summed E-state index contributed by atoms with van der Waals surface area (Å²) in [5.74, 6) is 0. The number of H-pyrrole nitrogens is 1. The van der Waals surface area contributed by atoms with Crippen LogP contribution in [0.5, 0.6) is 0 Å². The second-order valence-corrected chi connectivity index (χ2v) is 6.47. The lowest BCUT2D eigenvalue weighted by atomic mass is 10.1. The topological polar surface area (TPSA) is 39.3 Å². The monoisotopic (exact) mass is 319 g/mol. The molecule has 0 aliphatic carbocycles. The average molecular weight is 319 g/mol. The predicted molar refractivity (Wildman–Crippen MR) is 98.4 cm³/mol. The number of rotatable bonds is 2. The van der Waals surface area contributed by atoms with E-state index < -0.39 is 0 Å². The second kappa shape index (κ2) is 6.13. The predicted octanol–water partition coefficient (Wildman–Crippen LogP) is 2.98. The van der Waals surface area contributed by atoms with E-state index in [4.69, 9.17) is 0 Å². The first-order valence-corrected chi connectivity index (χ1v) is 8.33. The van der Waals surface area contributed by atoms with Gasteiger partial charge in [-0.05, 0) is 29.1 Å². The number of pyridine rings is 1. The fourth-order valence-electron chi connectivity index (χ4n) is 3.43. The van der Waals surface area contributed by atoms with Gasteiger partial charge in [-0.15, -0.1) is 0 Å². The van der Waals surface area contributed by atoms with E-state index in [-0.39, 0.29) is 5.56 Å². The summed E-state index contributed by atoms with van der Waals surface area (Å²) in [6, 6.07) is 18.5. The Morgan fingerprint density at radius 2 is 1.83 bits per heavy atom. The Bertz CT molecular complexity index is 931. The van der Waals surface area contributed by atoms with Crippen LogP contribution in [-0.2, 0) is 13.1 Å². The molecule has 0 bridgehead atoms. The zero-order valence-electron chi connectivity index (χ0n) is 13.8. The first kappa shape index (κ1) is 15.0. The molecule has 0 radical (unpaired) electrons. The van der Waals surface area contributed by atoms with Gasteiger partial charge in [0.2, 0.25) is 0 Å². The fraction of sp³-hybridized carbons (Fsp3) is 0.250. The molecule has 122 valence electrons. The minimum absolute atomic E-state index is 0.0135. The number of anilines is 1. The Hall–Kier alpha value is -2.59. The van der Waals surface area contributed by atoms with Crippen LogP contribution in [0, 0.1) is 0 Å². The van der Waals surface area contributed by atoms with Crippen molar-refractivity contribution < 1.29 is 0 Å². The molecule has 0 unspecified atom stereocenters. The third-order valence-electron chi connectivity index (χ3n) is 4.77. The van der Waals surface area contributed by atoms with Crippen LogP contribution in [0.15, 0.2) is 59.4 Å². The van der Waals surface area contributed by atoms with Crippen molar-refractivity contribution in [3.05, 3.63) is 76.1 Å². The molecule has 0 saturated heterocycles. The number of para-hydroxylation sites is 2. The Kier molecular flexibility index (Phi) is 3.82. The number of aromatic nitrogens is 1. The van der Waals surface area contributed by atoms with Crippen molar-refractivity contribution in [1.29, 1.82) is 0 Å². The average Bonchev–Trinajstić information content (AvgIpc) is 2.75. The van der Waals surface area contributed by atoms with E-state index in [9.17, 15) is 4.79 Å². The van der Waals surface area contributed by atoms with Crippen LogP contribution in [0.3, 0.4) is 0 Å². The van der Waals surface area contributed by atoms with Gasteiger partial charge in [-0.3, -0.25) is 9.69 Å². The van der Waals surface area contributed by atoms with Crippen molar-refractivity contribution in [2.75, 3.05) is 25.0 Å². The van der Waals surface area contributed by atoms with Gasteiger partial charge >= 0.3 is 0 Å². The summed E-state index contributed by atoms with van der Waals surface area (Å²) in [6.07, 6.45) is 0. The number of nitrogens with zero attached hydrogens (tertiary/aromatic N) is 2. The number of hydrogen-bond donors (Lipinski definition) is 1. The molecule has 4 heteroatoms. The number of benzene rings is 2. The quantitative estimate of drug-likeness (QED) is 0.789. The van der Waals surface area contributed by atoms with Gasteiger partial charge in [-0.25, -0.2) is 0 Å². The highest BCUT2D eigenvalue weighted by Crippen LogP contribution is 2.24. The van der Waals surface area contributed by atoms with E-state index in [0.717, 1.165) is 36.1 Å². The van der Waals surface area contributed by atoms with Gasteiger partial charge < -0.3 is 9.88 Å². The van der Waals surface area contributed by atoms with Crippen molar-refractivity contribution in [3.63, 3.8) is 0 Å². The van der Waals surface area contributed by atoms with Gasteiger partial charge in [0.25, 0.3) is 5.56 Å². The largest absolute Gasteiger partial charge is 0.373 e. The van der Waals surface area contributed by atoms with Crippen LogP contribution < -0.4 is 10.5 Å². The minimum atomic E-state index is 0.0135. The van der Waals surface area contributed by atoms with Gasteiger partial charge in [-0.2, -0.15) is 0 Å². The fourth-order valence-corrected chi connectivity index (χ4v) is 3.43. The number of aromatic amines is 1. The molecule has 2 aromatic carbocycles. The van der Waals surface area contributed by atoms with Crippen LogP contribution in [0.4, 0.5) is 5.69 Å². The molecule has 24 heavy (non-hydrogen) atoms. The van der Waals surface area contributed by atoms with Crippen molar-refractivity contribution in [2.45, 2.75) is 13.1 Å². The Morgan fingerprint density at radius 3 is 2.75 bits per heavy atom. The van der Waals surface area contributed by atoms with E-state index in [1.165, 1.54) is 11.3 Å². The number of likely N-dealkylation sites (N-methyl/N-ethyl adjacent to an activating group) is 1. The summed E-state index contributed by atoms with van der Waals surface area (Å²) in [5, 5.41) is 1.08. The van der Waals surface area contributed by atoms with E-state index in [1.807, 2.05) is 30.3 Å². The van der Waals surface area contributed by atoms with Crippen molar-refractivity contribution in [1.82, 2.24) is 9.88 Å². The number of nitrogens with one attached hydrogen (secondary N) is 1. The van der Waals surface area contributed by atoms with Crippen LogP contribution in [0.1, 0.15) is 11.1 Å². The van der Waals surface area contributed by atoms with Gasteiger partial charge in [0.1, 0.15) is 0 Å². The van der Waals surface area contributed by atoms with Crippen molar-refractivity contribution in [2.24, 2.45) is 0 Å². The third-order valence-corrected chi connectivity index (χ3v) is 4.77. The van der Waals surface area contributed by atoms with Gasteiger partial charge in [-0.1, -0.05) is 36.4 Å². The molecule has 1 N–H and O–H groups in total.